The van der Waals surface area contributed by atoms with Gasteiger partial charge in [-0.1, -0.05) is 87.0 Å². The van der Waals surface area contributed by atoms with Crippen molar-refractivity contribution in [3.8, 4) is 17.2 Å². The highest BCUT2D eigenvalue weighted by atomic mass is 79.9. The lowest BCUT2D eigenvalue weighted by Crippen LogP contribution is -2.50. The van der Waals surface area contributed by atoms with Gasteiger partial charge in [0.15, 0.2) is 17.3 Å². The van der Waals surface area contributed by atoms with Crippen molar-refractivity contribution in [2.75, 3.05) is 52.4 Å². The largest absolute Gasteiger partial charge is 0.352 e. The summed E-state index contributed by atoms with van der Waals surface area (Å²) in [6.45, 7) is 20.4. The van der Waals surface area contributed by atoms with E-state index in [1.807, 2.05) is 85.6 Å². The second kappa shape index (κ2) is 31.0. The fourth-order valence-electron chi connectivity index (χ4n) is 13.4. The molecule has 13 rings (SSSR count). The topological polar surface area (TPSA) is 226 Å². The summed E-state index contributed by atoms with van der Waals surface area (Å²) < 4.78 is 7.47. The van der Waals surface area contributed by atoms with E-state index in [2.05, 4.69) is 98.1 Å². The Labute approximate surface area is 593 Å². The predicted molar refractivity (Wildman–Crippen MR) is 386 cm³/mol. The minimum atomic E-state index is -0.173. The van der Waals surface area contributed by atoms with Crippen LogP contribution >= 0.6 is 54.8 Å². The molecule has 0 spiro atoms. The van der Waals surface area contributed by atoms with Crippen molar-refractivity contribution in [1.29, 1.82) is 5.26 Å². The number of amides is 5. The SMILES string of the molecule is C=CC(=O)N1CC(CC(=O)Cn2c(C)c(-c3cnccc3C#N)c3cc(Cl)ccc32)C1.C=CC(=O)N1CC(CC(=O)Cn2cc(C(=O)N3CCc4ccc(C)cc4C3)c3cc(Br)ccc32)C1.C=CC(=O)N1CC(CC(=O)Cn2cc(C(=O)NCCc3nccs3)c3cc(Br)ccc32)C1. The zero-order valence-electron chi connectivity index (χ0n) is 54.4. The van der Waals surface area contributed by atoms with Gasteiger partial charge < -0.3 is 38.6 Å². The third kappa shape index (κ3) is 15.9. The van der Waals surface area contributed by atoms with Gasteiger partial charge in [0.2, 0.25) is 17.7 Å². The Hall–Kier alpha value is -9.40. The first-order chi connectivity index (χ1) is 47.2. The summed E-state index contributed by atoms with van der Waals surface area (Å²) in [6.07, 6.45) is 15.3. The third-order valence-corrected chi connectivity index (χ3v) is 20.4. The molecule has 0 atom stereocenters. The average Bonchev–Trinajstić information content (AvgIpc) is 1.62. The second-order valence-corrected chi connectivity index (χ2v) is 28.5. The zero-order valence-corrected chi connectivity index (χ0v) is 59.1. The molecule has 0 saturated carbocycles. The lowest BCUT2D eigenvalue weighted by molar-refractivity contribution is -0.134. The Balaban J connectivity index is 0.000000149. The molecule has 19 nitrogen and oxygen atoms in total. The van der Waals surface area contributed by atoms with Crippen LogP contribution in [0.3, 0.4) is 0 Å². The number of benzene rings is 4. The molecular formula is C75H72Br2ClN11O8S. The van der Waals surface area contributed by atoms with E-state index < -0.39 is 0 Å². The molecule has 23 heteroatoms. The number of fused-ring (bicyclic) bond motifs is 4. The Kier molecular flexibility index (Phi) is 22.1. The number of hydrogen-bond acceptors (Lipinski definition) is 12. The van der Waals surface area contributed by atoms with Gasteiger partial charge in [-0.2, -0.15) is 5.26 Å². The van der Waals surface area contributed by atoms with Crippen LogP contribution in [0.25, 0.3) is 43.8 Å². The molecule has 3 fully saturated rings. The van der Waals surface area contributed by atoms with E-state index in [1.165, 1.54) is 34.9 Å². The van der Waals surface area contributed by atoms with Crippen LogP contribution in [0, 0.1) is 42.9 Å². The van der Waals surface area contributed by atoms with Crippen LogP contribution in [0.1, 0.15) is 72.9 Å². The summed E-state index contributed by atoms with van der Waals surface area (Å²) in [5.74, 6) is 0.351. The van der Waals surface area contributed by atoms with E-state index in [4.69, 9.17) is 11.6 Å². The summed E-state index contributed by atoms with van der Waals surface area (Å²) in [7, 11) is 0. The number of rotatable bonds is 21. The molecule has 0 aliphatic carbocycles. The Morgan fingerprint density at radius 1 is 0.653 bits per heavy atom. The Bertz CT molecular complexity index is 4700. The monoisotopic (exact) mass is 1480 g/mol. The molecule has 0 bridgehead atoms. The number of halogens is 3. The highest BCUT2D eigenvalue weighted by Crippen LogP contribution is 2.38. The second-order valence-electron chi connectivity index (χ2n) is 25.3. The summed E-state index contributed by atoms with van der Waals surface area (Å²) in [4.78, 5) is 115. The number of carbonyl (C=O) groups is 8. The predicted octanol–water partition coefficient (Wildman–Crippen LogP) is 12.1. The number of nitrogens with zero attached hydrogens (tertiary/aromatic N) is 10. The normalized spacial score (nSPS) is 14.4. The van der Waals surface area contributed by atoms with E-state index in [9.17, 15) is 43.6 Å². The minimum Gasteiger partial charge on any atom is -0.352 e. The van der Waals surface area contributed by atoms with E-state index in [0.717, 1.165) is 69.9 Å². The van der Waals surface area contributed by atoms with Crippen molar-refractivity contribution < 1.29 is 38.4 Å². The molecule has 4 aliphatic heterocycles. The molecule has 0 unspecified atom stereocenters. The summed E-state index contributed by atoms with van der Waals surface area (Å²) >= 11 is 14.8. The van der Waals surface area contributed by atoms with E-state index in [1.54, 1.807) is 63.0 Å². The van der Waals surface area contributed by atoms with Gasteiger partial charge >= 0.3 is 0 Å². The number of carbonyl (C=O) groups excluding carboxylic acids is 8. The first kappa shape index (κ1) is 69.9. The third-order valence-electron chi connectivity index (χ3n) is 18.3. The van der Waals surface area contributed by atoms with Gasteiger partial charge in [0, 0.05) is 202 Å². The van der Waals surface area contributed by atoms with Crippen LogP contribution < -0.4 is 5.32 Å². The van der Waals surface area contributed by atoms with Gasteiger partial charge in [0.25, 0.3) is 11.8 Å². The van der Waals surface area contributed by atoms with Crippen molar-refractivity contribution in [3.05, 3.63) is 211 Å². The summed E-state index contributed by atoms with van der Waals surface area (Å²) in [5, 5.41) is 18.5. The molecule has 0 radical (unpaired) electrons. The van der Waals surface area contributed by atoms with Crippen molar-refractivity contribution in [1.82, 2.24) is 48.6 Å². The van der Waals surface area contributed by atoms with E-state index >= 15 is 0 Å². The molecule has 5 aromatic heterocycles. The number of nitrogens with one attached hydrogen (secondary N) is 1. The van der Waals surface area contributed by atoms with Crippen LogP contribution in [-0.4, -0.2) is 143 Å². The Morgan fingerprint density at radius 2 is 1.20 bits per heavy atom. The summed E-state index contributed by atoms with van der Waals surface area (Å²) in [5.41, 5.74) is 10.4. The molecule has 98 heavy (non-hydrogen) atoms. The van der Waals surface area contributed by atoms with Crippen LogP contribution in [0.5, 0.6) is 0 Å². The molecule has 1 N–H and O–H groups in total. The fraction of sp³-hybridized carbons (Fsp3) is 0.293. The number of Topliss-reactive ketones (excluding diaryl/α,β-unsaturated/α-hetero) is 3. The quantitative estimate of drug-likeness (QED) is 0.0666. The number of pyridine rings is 1. The molecule has 4 aliphatic rings. The van der Waals surface area contributed by atoms with Gasteiger partial charge in [-0.15, -0.1) is 11.3 Å². The smallest absolute Gasteiger partial charge is 0.256 e. The van der Waals surface area contributed by atoms with Crippen molar-refractivity contribution in [2.45, 2.75) is 72.1 Å². The van der Waals surface area contributed by atoms with Gasteiger partial charge in [-0.05, 0) is 110 Å². The maximum absolute atomic E-state index is 13.6. The number of hydrogen-bond donors (Lipinski definition) is 1. The number of likely N-dealkylation sites (tertiary alicyclic amines) is 3. The standard InChI is InChI=1S/C28H28BrN3O3.C24H21ClN4O2.C23H23BrN4O3S/c1-3-27(34)32-13-19(14-32)11-23(33)16-31-17-25(24-12-22(29)6-7-26(24)31)28(35)30-9-8-20-5-4-18(2)10-21(20)15-30;1-3-23(31)28-12-16(13-28)8-19(30)14-29-15(2)24(20-9-18(25)4-5-22(20)29)21-11-27-7-6-17(21)10-26;1-2-22(30)28-11-15(12-28)9-17(29)13-27-14-19(18-10-16(24)3-4-20(18)27)23(31)26-6-5-21-25-7-8-32-21/h3-7,10,12,17,19H,1,8-9,11,13-16H2,2H3;3-7,9,11,16H,1,8,12-14H2,2H3;2-4,7-8,10,14-15H,1,5-6,9,11-13H2,(H,26,31). The zero-order chi connectivity index (χ0) is 69.5. The highest BCUT2D eigenvalue weighted by Gasteiger charge is 2.34. The molecule has 9 heterocycles. The molecule has 5 amide bonds. The highest BCUT2D eigenvalue weighted by molar-refractivity contribution is 9.10. The maximum Gasteiger partial charge on any atom is 0.256 e. The van der Waals surface area contributed by atoms with Gasteiger partial charge in [-0.25, -0.2) is 4.98 Å². The van der Waals surface area contributed by atoms with Gasteiger partial charge in [0.1, 0.15) is 0 Å². The van der Waals surface area contributed by atoms with E-state index in [0.29, 0.717) is 106 Å². The van der Waals surface area contributed by atoms with E-state index in [-0.39, 0.29) is 84.3 Å². The number of ketones is 3. The van der Waals surface area contributed by atoms with Crippen LogP contribution in [0.4, 0.5) is 0 Å². The molecule has 3 saturated heterocycles. The first-order valence-electron chi connectivity index (χ1n) is 32.2. The number of thiazole rings is 1. The molecular weight excluding hydrogens is 1410 g/mol. The van der Waals surface area contributed by atoms with Crippen molar-refractivity contribution in [3.63, 3.8) is 0 Å². The molecule has 4 aromatic carbocycles. The lowest BCUT2D eigenvalue weighted by Gasteiger charge is -2.38. The summed E-state index contributed by atoms with van der Waals surface area (Å²) in [6, 6.07) is 27.5. The van der Waals surface area contributed by atoms with Crippen molar-refractivity contribution in [2.24, 2.45) is 17.8 Å². The number of aromatic nitrogens is 5. The molecule has 9 aromatic rings. The average molecular weight is 1480 g/mol. The number of aryl methyl sites for hydroxylation is 1. The van der Waals surface area contributed by atoms with Gasteiger partial charge in [0.05, 0.1) is 47.4 Å². The van der Waals surface area contributed by atoms with Crippen LogP contribution in [0.2, 0.25) is 5.02 Å². The first-order valence-corrected chi connectivity index (χ1v) is 35.1. The minimum absolute atomic E-state index is 0.0102. The lowest BCUT2D eigenvalue weighted by atomic mass is 9.94. The molecule has 502 valence electrons. The van der Waals surface area contributed by atoms with Gasteiger partial charge in [-0.3, -0.25) is 43.3 Å². The van der Waals surface area contributed by atoms with Crippen LogP contribution in [0.15, 0.2) is 162 Å². The maximum atomic E-state index is 13.6. The fourth-order valence-corrected chi connectivity index (χ4v) is 14.9. The number of nitriles is 1. The van der Waals surface area contributed by atoms with Crippen LogP contribution in [-0.2, 0) is 67.8 Å². The van der Waals surface area contributed by atoms with Crippen molar-refractivity contribution >= 4 is 134 Å². The Morgan fingerprint density at radius 3 is 1.76 bits per heavy atom.